The summed E-state index contributed by atoms with van der Waals surface area (Å²) in [4.78, 5) is 0. The van der Waals surface area contributed by atoms with Crippen LogP contribution in [0.2, 0.25) is 5.02 Å². The standard InChI is InChI=1S/C10H10ClF3N2/c11-8-4-2-1-3-7(8)5-16-6-9(15)10(12,13)14/h1-4,6,16H,5,15H2/b9-6-. The van der Waals surface area contributed by atoms with Crippen molar-refractivity contribution in [2.75, 3.05) is 0 Å². The summed E-state index contributed by atoms with van der Waals surface area (Å²) in [6.07, 6.45) is -3.78. The highest BCUT2D eigenvalue weighted by atomic mass is 35.5. The summed E-state index contributed by atoms with van der Waals surface area (Å²) in [5, 5.41) is 2.95. The van der Waals surface area contributed by atoms with Crippen LogP contribution >= 0.6 is 11.6 Å². The Balaban J connectivity index is 2.57. The van der Waals surface area contributed by atoms with Crippen LogP contribution < -0.4 is 11.1 Å². The van der Waals surface area contributed by atoms with Crippen molar-refractivity contribution in [2.45, 2.75) is 12.7 Å². The maximum atomic E-state index is 12.0. The van der Waals surface area contributed by atoms with Gasteiger partial charge in [0.15, 0.2) is 0 Å². The Bertz CT molecular complexity index is 388. The Kier molecular flexibility index (Phi) is 4.06. The van der Waals surface area contributed by atoms with E-state index in [1.807, 2.05) is 0 Å². The van der Waals surface area contributed by atoms with E-state index in [0.29, 0.717) is 10.6 Å². The first-order valence-corrected chi connectivity index (χ1v) is 4.78. The zero-order valence-electron chi connectivity index (χ0n) is 8.18. The molecule has 0 amide bonds. The first-order chi connectivity index (χ1) is 7.41. The highest BCUT2D eigenvalue weighted by molar-refractivity contribution is 6.31. The van der Waals surface area contributed by atoms with Crippen LogP contribution in [0.15, 0.2) is 36.2 Å². The maximum Gasteiger partial charge on any atom is 0.432 e. The van der Waals surface area contributed by atoms with Crippen LogP contribution in [0, 0.1) is 0 Å². The number of hydrogen-bond acceptors (Lipinski definition) is 2. The molecule has 0 saturated carbocycles. The molecule has 0 aliphatic heterocycles. The van der Waals surface area contributed by atoms with Crippen molar-refractivity contribution in [1.82, 2.24) is 5.32 Å². The number of benzene rings is 1. The molecule has 0 atom stereocenters. The summed E-state index contributed by atoms with van der Waals surface area (Å²) in [6.45, 7) is 0.191. The van der Waals surface area contributed by atoms with Crippen LogP contribution in [0.3, 0.4) is 0 Å². The fraction of sp³-hybridized carbons (Fsp3) is 0.200. The first kappa shape index (κ1) is 12.7. The fourth-order valence-electron chi connectivity index (χ4n) is 0.995. The van der Waals surface area contributed by atoms with Gasteiger partial charge >= 0.3 is 6.18 Å². The third-order valence-electron chi connectivity index (χ3n) is 1.84. The lowest BCUT2D eigenvalue weighted by atomic mass is 10.2. The van der Waals surface area contributed by atoms with E-state index < -0.39 is 11.9 Å². The van der Waals surface area contributed by atoms with Crippen molar-refractivity contribution in [3.63, 3.8) is 0 Å². The minimum Gasteiger partial charge on any atom is -0.394 e. The van der Waals surface area contributed by atoms with Gasteiger partial charge in [-0.15, -0.1) is 0 Å². The SMILES string of the molecule is N/C(=C\NCc1ccccc1Cl)C(F)(F)F. The molecule has 0 aliphatic rings. The monoisotopic (exact) mass is 250 g/mol. The number of nitrogens with two attached hydrogens (primary N) is 1. The summed E-state index contributed by atoms with van der Waals surface area (Å²) in [6, 6.07) is 6.87. The van der Waals surface area contributed by atoms with Gasteiger partial charge in [0, 0.05) is 17.8 Å². The van der Waals surface area contributed by atoms with E-state index in [1.165, 1.54) is 0 Å². The zero-order chi connectivity index (χ0) is 12.2. The van der Waals surface area contributed by atoms with Crippen molar-refractivity contribution >= 4 is 11.6 Å². The molecular weight excluding hydrogens is 241 g/mol. The second-order valence-electron chi connectivity index (χ2n) is 3.07. The molecule has 1 rings (SSSR count). The number of halogens is 4. The Labute approximate surface area is 95.9 Å². The number of hydrogen-bond donors (Lipinski definition) is 2. The van der Waals surface area contributed by atoms with Gasteiger partial charge < -0.3 is 11.1 Å². The molecule has 0 aliphatic carbocycles. The van der Waals surface area contributed by atoms with Gasteiger partial charge in [-0.1, -0.05) is 29.8 Å². The van der Waals surface area contributed by atoms with Gasteiger partial charge in [0.2, 0.25) is 0 Å². The molecule has 0 aromatic heterocycles. The molecule has 88 valence electrons. The molecule has 1 aromatic carbocycles. The predicted molar refractivity (Wildman–Crippen MR) is 56.6 cm³/mol. The second kappa shape index (κ2) is 5.12. The van der Waals surface area contributed by atoms with Crippen LogP contribution in [0.25, 0.3) is 0 Å². The molecule has 2 nitrogen and oxygen atoms in total. The van der Waals surface area contributed by atoms with E-state index in [0.717, 1.165) is 6.20 Å². The number of alkyl halides is 3. The number of rotatable bonds is 3. The largest absolute Gasteiger partial charge is 0.432 e. The van der Waals surface area contributed by atoms with Crippen LogP contribution in [-0.4, -0.2) is 6.18 Å². The molecule has 0 fully saturated rings. The van der Waals surface area contributed by atoms with Crippen LogP contribution in [-0.2, 0) is 6.54 Å². The Morgan fingerprint density at radius 2 is 2.00 bits per heavy atom. The van der Waals surface area contributed by atoms with Gasteiger partial charge in [0.1, 0.15) is 5.70 Å². The summed E-state index contributed by atoms with van der Waals surface area (Å²) in [7, 11) is 0. The van der Waals surface area contributed by atoms with E-state index in [9.17, 15) is 13.2 Å². The lowest BCUT2D eigenvalue weighted by Crippen LogP contribution is -2.22. The summed E-state index contributed by atoms with van der Waals surface area (Å²) >= 11 is 5.82. The molecular formula is C10H10ClF3N2. The number of allylic oxidation sites excluding steroid dienone is 1. The lowest BCUT2D eigenvalue weighted by molar-refractivity contribution is -0.0930. The van der Waals surface area contributed by atoms with Crippen molar-refractivity contribution in [1.29, 1.82) is 0 Å². The average Bonchev–Trinajstić information content (AvgIpc) is 2.19. The molecule has 0 radical (unpaired) electrons. The molecule has 3 N–H and O–H groups in total. The number of nitrogens with one attached hydrogen (secondary N) is 1. The molecule has 0 bridgehead atoms. The maximum absolute atomic E-state index is 12.0. The summed E-state index contributed by atoms with van der Waals surface area (Å²) in [5.74, 6) is 0. The van der Waals surface area contributed by atoms with Crippen molar-refractivity contribution in [3.8, 4) is 0 Å². The van der Waals surface area contributed by atoms with Gasteiger partial charge in [0.05, 0.1) is 0 Å². The van der Waals surface area contributed by atoms with Gasteiger partial charge in [-0.3, -0.25) is 0 Å². The highest BCUT2D eigenvalue weighted by Crippen LogP contribution is 2.20. The first-order valence-electron chi connectivity index (χ1n) is 4.41. The van der Waals surface area contributed by atoms with Crippen molar-refractivity contribution in [3.05, 3.63) is 46.7 Å². The van der Waals surface area contributed by atoms with E-state index in [1.54, 1.807) is 24.3 Å². The topological polar surface area (TPSA) is 38.0 Å². The average molecular weight is 251 g/mol. The molecule has 0 saturated heterocycles. The fourth-order valence-corrected chi connectivity index (χ4v) is 1.20. The van der Waals surface area contributed by atoms with E-state index in [-0.39, 0.29) is 6.54 Å². The highest BCUT2D eigenvalue weighted by Gasteiger charge is 2.31. The summed E-state index contributed by atoms with van der Waals surface area (Å²) < 4.78 is 36.0. The van der Waals surface area contributed by atoms with E-state index in [2.05, 4.69) is 5.32 Å². The lowest BCUT2D eigenvalue weighted by Gasteiger charge is -2.08. The van der Waals surface area contributed by atoms with Crippen molar-refractivity contribution < 1.29 is 13.2 Å². The van der Waals surface area contributed by atoms with E-state index in [4.69, 9.17) is 17.3 Å². The quantitative estimate of drug-likeness (QED) is 0.866. The van der Waals surface area contributed by atoms with Crippen LogP contribution in [0.4, 0.5) is 13.2 Å². The normalized spacial score (nSPS) is 12.6. The summed E-state index contributed by atoms with van der Waals surface area (Å²) in [5.41, 5.74) is 4.33. The van der Waals surface area contributed by atoms with Gasteiger partial charge in [-0.25, -0.2) is 0 Å². The third-order valence-corrected chi connectivity index (χ3v) is 2.20. The minimum absolute atomic E-state index is 0.191. The minimum atomic E-state index is -4.51. The van der Waals surface area contributed by atoms with E-state index >= 15 is 0 Å². The smallest absolute Gasteiger partial charge is 0.394 e. The Hall–Kier alpha value is -1.36. The Morgan fingerprint density at radius 1 is 1.38 bits per heavy atom. The molecule has 0 heterocycles. The Morgan fingerprint density at radius 3 is 2.56 bits per heavy atom. The zero-order valence-corrected chi connectivity index (χ0v) is 8.94. The molecule has 6 heteroatoms. The second-order valence-corrected chi connectivity index (χ2v) is 3.48. The van der Waals surface area contributed by atoms with Gasteiger partial charge in [0.25, 0.3) is 0 Å². The molecule has 0 unspecified atom stereocenters. The van der Waals surface area contributed by atoms with Crippen LogP contribution in [0.5, 0.6) is 0 Å². The third kappa shape index (κ3) is 3.66. The van der Waals surface area contributed by atoms with Crippen LogP contribution in [0.1, 0.15) is 5.56 Å². The van der Waals surface area contributed by atoms with Gasteiger partial charge in [-0.05, 0) is 11.6 Å². The predicted octanol–water partition coefficient (Wildman–Crippen LogP) is 2.79. The molecule has 1 aromatic rings. The molecule has 16 heavy (non-hydrogen) atoms. The van der Waals surface area contributed by atoms with Gasteiger partial charge in [-0.2, -0.15) is 13.2 Å². The molecule has 0 spiro atoms. The van der Waals surface area contributed by atoms with Crippen molar-refractivity contribution in [2.24, 2.45) is 5.73 Å².